The van der Waals surface area contributed by atoms with Gasteiger partial charge >= 0.3 is 6.09 Å². The summed E-state index contributed by atoms with van der Waals surface area (Å²) in [6.45, 7) is 10.5. The van der Waals surface area contributed by atoms with Gasteiger partial charge in [-0.15, -0.1) is 0 Å². The molecule has 1 atom stereocenters. The van der Waals surface area contributed by atoms with Crippen molar-refractivity contribution in [2.45, 2.75) is 83.3 Å². The second-order valence-electron chi connectivity index (χ2n) is 9.88. The van der Waals surface area contributed by atoms with E-state index in [9.17, 15) is 13.2 Å². The number of benzene rings is 1. The van der Waals surface area contributed by atoms with Gasteiger partial charge in [-0.25, -0.2) is 18.2 Å². The van der Waals surface area contributed by atoms with E-state index in [0.29, 0.717) is 23.8 Å². The number of rotatable bonds is 7. The van der Waals surface area contributed by atoms with Crippen LogP contribution in [0.25, 0.3) is 0 Å². The lowest BCUT2D eigenvalue weighted by molar-refractivity contribution is 0.0578. The minimum absolute atomic E-state index is 0.285. The minimum Gasteiger partial charge on any atom is -0.443 e. The molecule has 34 heavy (non-hydrogen) atoms. The van der Waals surface area contributed by atoms with Gasteiger partial charge in [-0.05, 0) is 70.7 Å². The summed E-state index contributed by atoms with van der Waals surface area (Å²) >= 11 is 0. The van der Waals surface area contributed by atoms with Crippen molar-refractivity contribution in [2.24, 2.45) is 0 Å². The molecule has 7 nitrogen and oxygen atoms in total. The SMILES string of the molecule is CCCCN(C(=O)OC(C)(C)C)c1ccc([C@H]2CCCCN2S(=O)(=O)c2ccc(C)cc2)cn1. The Labute approximate surface area is 204 Å². The average Bonchev–Trinajstić information content (AvgIpc) is 2.79. The van der Waals surface area contributed by atoms with E-state index in [1.165, 1.54) is 0 Å². The normalized spacial score (nSPS) is 17.4. The van der Waals surface area contributed by atoms with E-state index >= 15 is 0 Å². The molecule has 0 aliphatic carbocycles. The van der Waals surface area contributed by atoms with Crippen LogP contribution < -0.4 is 4.90 Å². The Morgan fingerprint density at radius 1 is 1.15 bits per heavy atom. The Bertz CT molecular complexity index is 1060. The van der Waals surface area contributed by atoms with E-state index in [1.807, 2.05) is 45.9 Å². The van der Waals surface area contributed by atoms with Gasteiger partial charge in [-0.2, -0.15) is 4.31 Å². The summed E-state index contributed by atoms with van der Waals surface area (Å²) in [5.41, 5.74) is 1.25. The van der Waals surface area contributed by atoms with E-state index < -0.39 is 21.7 Å². The molecule has 0 bridgehead atoms. The highest BCUT2D eigenvalue weighted by Crippen LogP contribution is 2.35. The van der Waals surface area contributed by atoms with Crippen LogP contribution in [-0.2, 0) is 14.8 Å². The third kappa shape index (κ3) is 6.36. The summed E-state index contributed by atoms with van der Waals surface area (Å²) in [5.74, 6) is 0.509. The molecular weight excluding hydrogens is 450 g/mol. The third-order valence-electron chi connectivity index (χ3n) is 5.86. The summed E-state index contributed by atoms with van der Waals surface area (Å²) in [6, 6.07) is 10.4. The number of unbranched alkanes of at least 4 members (excludes halogenated alkanes) is 1. The van der Waals surface area contributed by atoms with Crippen molar-refractivity contribution < 1.29 is 17.9 Å². The van der Waals surface area contributed by atoms with Crippen molar-refractivity contribution in [3.63, 3.8) is 0 Å². The average molecular weight is 488 g/mol. The predicted molar refractivity (Wildman–Crippen MR) is 134 cm³/mol. The first-order chi connectivity index (χ1) is 16.0. The molecule has 1 aromatic heterocycles. The Hall–Kier alpha value is -2.45. The summed E-state index contributed by atoms with van der Waals surface area (Å²) in [5, 5.41) is 0. The first-order valence-electron chi connectivity index (χ1n) is 12.1. The number of aromatic nitrogens is 1. The Balaban J connectivity index is 1.87. The zero-order chi connectivity index (χ0) is 24.9. The second-order valence-corrected chi connectivity index (χ2v) is 11.8. The van der Waals surface area contributed by atoms with E-state index in [4.69, 9.17) is 4.74 Å². The first-order valence-corrected chi connectivity index (χ1v) is 13.5. The number of pyridine rings is 1. The number of hydrogen-bond acceptors (Lipinski definition) is 5. The van der Waals surface area contributed by atoms with Crippen molar-refractivity contribution >= 4 is 21.9 Å². The van der Waals surface area contributed by atoms with Gasteiger partial charge in [0, 0.05) is 19.3 Å². The molecule has 1 amide bonds. The molecule has 1 fully saturated rings. The fraction of sp³-hybridized carbons (Fsp3) is 0.538. The number of carbonyl (C=O) groups excluding carboxylic acids is 1. The van der Waals surface area contributed by atoms with Crippen LogP contribution in [0.1, 0.15) is 77.0 Å². The van der Waals surface area contributed by atoms with Gasteiger partial charge in [-0.1, -0.05) is 43.5 Å². The second kappa shape index (κ2) is 10.9. The molecule has 0 radical (unpaired) electrons. The molecule has 186 valence electrons. The molecule has 1 saturated heterocycles. The van der Waals surface area contributed by atoms with E-state index in [1.54, 1.807) is 33.6 Å². The van der Waals surface area contributed by atoms with E-state index in [0.717, 1.165) is 43.2 Å². The van der Waals surface area contributed by atoms with Crippen LogP contribution >= 0.6 is 0 Å². The molecular formula is C26H37N3O4S. The fourth-order valence-electron chi connectivity index (χ4n) is 4.06. The van der Waals surface area contributed by atoms with Gasteiger partial charge in [0.2, 0.25) is 10.0 Å². The Kier molecular flexibility index (Phi) is 8.36. The minimum atomic E-state index is -3.63. The molecule has 0 saturated carbocycles. The van der Waals surface area contributed by atoms with Crippen LogP contribution in [0.2, 0.25) is 0 Å². The highest BCUT2D eigenvalue weighted by Gasteiger charge is 2.35. The fourth-order valence-corrected chi connectivity index (χ4v) is 5.74. The Morgan fingerprint density at radius 3 is 2.44 bits per heavy atom. The maximum absolute atomic E-state index is 13.4. The van der Waals surface area contributed by atoms with Gasteiger partial charge < -0.3 is 4.74 Å². The molecule has 8 heteroatoms. The van der Waals surface area contributed by atoms with E-state index in [-0.39, 0.29) is 6.04 Å². The van der Waals surface area contributed by atoms with Gasteiger partial charge in [-0.3, -0.25) is 4.90 Å². The smallest absolute Gasteiger partial charge is 0.416 e. The van der Waals surface area contributed by atoms with Crippen LogP contribution in [0, 0.1) is 6.92 Å². The highest BCUT2D eigenvalue weighted by atomic mass is 32.2. The van der Waals surface area contributed by atoms with Crippen molar-refractivity contribution in [1.29, 1.82) is 0 Å². The number of anilines is 1. The lowest BCUT2D eigenvalue weighted by Gasteiger charge is -2.35. The maximum atomic E-state index is 13.4. The molecule has 0 N–H and O–H groups in total. The van der Waals surface area contributed by atoms with Crippen molar-refractivity contribution in [1.82, 2.24) is 9.29 Å². The van der Waals surface area contributed by atoms with E-state index in [2.05, 4.69) is 11.9 Å². The molecule has 1 aliphatic rings. The Morgan fingerprint density at radius 2 is 1.85 bits per heavy atom. The summed E-state index contributed by atoms with van der Waals surface area (Å²) in [6.07, 6.45) is 5.55. The predicted octanol–water partition coefficient (Wildman–Crippen LogP) is 5.85. The van der Waals surface area contributed by atoms with Crippen molar-refractivity contribution in [3.05, 3.63) is 53.7 Å². The number of hydrogen-bond donors (Lipinski definition) is 0. The van der Waals surface area contributed by atoms with Crippen LogP contribution in [0.4, 0.5) is 10.6 Å². The topological polar surface area (TPSA) is 79.8 Å². The molecule has 1 aromatic carbocycles. The molecule has 0 spiro atoms. The van der Waals surface area contributed by atoms with Crippen molar-refractivity contribution in [2.75, 3.05) is 18.0 Å². The quantitative estimate of drug-likeness (QED) is 0.490. The maximum Gasteiger partial charge on any atom is 0.416 e. The molecule has 3 rings (SSSR count). The number of sulfonamides is 1. The van der Waals surface area contributed by atoms with Crippen molar-refractivity contribution in [3.8, 4) is 0 Å². The summed E-state index contributed by atoms with van der Waals surface area (Å²) in [7, 11) is -3.63. The molecule has 2 heterocycles. The summed E-state index contributed by atoms with van der Waals surface area (Å²) in [4.78, 5) is 19.2. The van der Waals surface area contributed by atoms with Gasteiger partial charge in [0.05, 0.1) is 10.9 Å². The van der Waals surface area contributed by atoms with Crippen LogP contribution in [-0.4, -0.2) is 42.5 Å². The molecule has 2 aromatic rings. The molecule has 0 unspecified atom stereocenters. The number of amides is 1. The lowest BCUT2D eigenvalue weighted by Crippen LogP contribution is -2.39. The highest BCUT2D eigenvalue weighted by molar-refractivity contribution is 7.89. The number of aryl methyl sites for hydroxylation is 1. The standard InChI is InChI=1S/C26H37N3O4S/c1-6-7-17-28(25(30)33-26(3,4)5)24-16-13-21(19-27-24)23-10-8-9-18-29(23)34(31,32)22-14-11-20(2)12-15-22/h11-16,19,23H,6-10,17-18H2,1-5H3/t23-/m1/s1. The number of ether oxygens (including phenoxy) is 1. The monoisotopic (exact) mass is 487 g/mol. The third-order valence-corrected chi connectivity index (χ3v) is 7.78. The van der Waals surface area contributed by atoms with Crippen LogP contribution in [0.3, 0.4) is 0 Å². The van der Waals surface area contributed by atoms with Gasteiger partial charge in [0.1, 0.15) is 11.4 Å². The first kappa shape index (κ1) is 26.2. The zero-order valence-electron chi connectivity index (χ0n) is 21.0. The summed E-state index contributed by atoms with van der Waals surface area (Å²) < 4.78 is 34.0. The zero-order valence-corrected chi connectivity index (χ0v) is 21.8. The van der Waals surface area contributed by atoms with Gasteiger partial charge in [0.15, 0.2) is 0 Å². The largest absolute Gasteiger partial charge is 0.443 e. The van der Waals surface area contributed by atoms with Crippen LogP contribution in [0.15, 0.2) is 47.5 Å². The molecule has 1 aliphatic heterocycles. The lowest BCUT2D eigenvalue weighted by atomic mass is 9.99. The van der Waals surface area contributed by atoms with Gasteiger partial charge in [0.25, 0.3) is 0 Å². The number of nitrogens with zero attached hydrogens (tertiary/aromatic N) is 3. The number of carbonyl (C=O) groups is 1. The number of piperidine rings is 1. The van der Waals surface area contributed by atoms with Crippen LogP contribution in [0.5, 0.6) is 0 Å².